The Bertz CT molecular complexity index is 978. The van der Waals surface area contributed by atoms with E-state index in [0.717, 1.165) is 6.07 Å². The molecule has 3 unspecified atom stereocenters. The highest BCUT2D eigenvalue weighted by molar-refractivity contribution is 5.52. The van der Waals surface area contributed by atoms with Gasteiger partial charge in [0.25, 0.3) is 0 Å². The Kier molecular flexibility index (Phi) is 6.03. The summed E-state index contributed by atoms with van der Waals surface area (Å²) >= 11 is 0. The summed E-state index contributed by atoms with van der Waals surface area (Å²) in [6.07, 6.45) is -9.41. The molecule has 0 radical (unpaired) electrons. The summed E-state index contributed by atoms with van der Waals surface area (Å²) < 4.78 is 17.2. The minimum absolute atomic E-state index is 0.0166. The molecule has 0 spiro atoms. The average Bonchev–Trinajstić information content (AvgIpc) is 2.76. The highest BCUT2D eigenvalue weighted by Gasteiger charge is 2.46. The summed E-state index contributed by atoms with van der Waals surface area (Å²) in [7, 11) is 0. The van der Waals surface area contributed by atoms with Crippen LogP contribution in [0.1, 0.15) is 17.2 Å². The van der Waals surface area contributed by atoms with Gasteiger partial charge in [-0.15, -0.1) is 0 Å². The van der Waals surface area contributed by atoms with Gasteiger partial charge in [0.15, 0.2) is 23.9 Å². The molecule has 174 valence electrons. The molecule has 11 nitrogen and oxygen atoms in total. The number of aliphatic hydroxyl groups is 4. The third kappa shape index (κ3) is 4.01. The number of phenolic OH excluding ortho intramolecular Hbond substituents is 4. The summed E-state index contributed by atoms with van der Waals surface area (Å²) in [6.45, 7) is -0.635. The van der Waals surface area contributed by atoms with Gasteiger partial charge in [-0.05, 0) is 17.7 Å². The second-order valence-electron chi connectivity index (χ2n) is 7.80. The molecular weight excluding hydrogens is 428 g/mol. The average molecular weight is 452 g/mol. The summed E-state index contributed by atoms with van der Waals surface area (Å²) in [5.41, 5.74) is 0.667. The monoisotopic (exact) mass is 452 g/mol. The molecular formula is C21H24O11. The number of benzene rings is 2. The van der Waals surface area contributed by atoms with Crippen molar-refractivity contribution < 1.29 is 55.1 Å². The van der Waals surface area contributed by atoms with Crippen molar-refractivity contribution in [2.45, 2.75) is 49.3 Å². The molecule has 11 heteroatoms. The maximum Gasteiger partial charge on any atom is 0.187 e. The van der Waals surface area contributed by atoms with Crippen molar-refractivity contribution in [2.75, 3.05) is 6.61 Å². The van der Waals surface area contributed by atoms with Crippen LogP contribution < -0.4 is 4.74 Å². The smallest absolute Gasteiger partial charge is 0.187 e. The van der Waals surface area contributed by atoms with Crippen LogP contribution in [0.15, 0.2) is 30.3 Å². The number of aliphatic hydroxyl groups excluding tert-OH is 4. The third-order valence-corrected chi connectivity index (χ3v) is 5.65. The minimum atomic E-state index is -1.66. The topological polar surface area (TPSA) is 190 Å². The lowest BCUT2D eigenvalue weighted by Gasteiger charge is -2.43. The number of hydrogen-bond donors (Lipinski definition) is 8. The number of ether oxygens (including phenoxy) is 3. The van der Waals surface area contributed by atoms with E-state index in [2.05, 4.69) is 0 Å². The Morgan fingerprint density at radius 1 is 0.875 bits per heavy atom. The standard InChI is InChI=1S/C21H24O11/c22-7-16-17(27)18(28)19(29)21(32-16)31-15-6-10-12(25)4-9(23)5-14(10)30-20(15)8-1-2-11(24)13(26)3-8/h1-5,15-29H,6-7H2/t15?,16-,17-,18+,19-,20?,21?/m1/s1. The SMILES string of the molecule is OC[C@H]1OC(OC2Cc3c(O)cc(O)cc3OC2c2ccc(O)c(O)c2)[C@H](O)[C@@H](O)[C@@H]1O. The van der Waals surface area contributed by atoms with Crippen molar-refractivity contribution in [3.05, 3.63) is 41.5 Å². The molecule has 4 rings (SSSR count). The number of hydrogen-bond acceptors (Lipinski definition) is 11. The Morgan fingerprint density at radius 3 is 2.31 bits per heavy atom. The fraction of sp³-hybridized carbons (Fsp3) is 0.429. The van der Waals surface area contributed by atoms with Crippen LogP contribution in [0.5, 0.6) is 28.7 Å². The predicted octanol–water partition coefficient (Wildman–Crippen LogP) is -0.630. The number of phenols is 4. The van der Waals surface area contributed by atoms with Crippen LogP contribution in [0.3, 0.4) is 0 Å². The van der Waals surface area contributed by atoms with Crippen LogP contribution in [0.4, 0.5) is 0 Å². The molecule has 2 aromatic rings. The number of fused-ring (bicyclic) bond motifs is 1. The van der Waals surface area contributed by atoms with Gasteiger partial charge in [0.1, 0.15) is 47.8 Å². The third-order valence-electron chi connectivity index (χ3n) is 5.65. The van der Waals surface area contributed by atoms with Gasteiger partial charge in [-0.25, -0.2) is 0 Å². The van der Waals surface area contributed by atoms with E-state index in [1.54, 1.807) is 0 Å². The Balaban J connectivity index is 1.68. The lowest BCUT2D eigenvalue weighted by molar-refractivity contribution is -0.317. The minimum Gasteiger partial charge on any atom is -0.508 e. The van der Waals surface area contributed by atoms with Gasteiger partial charge in [0, 0.05) is 24.1 Å². The molecule has 2 aliphatic heterocycles. The molecule has 2 aliphatic rings. The van der Waals surface area contributed by atoms with E-state index >= 15 is 0 Å². The fourth-order valence-electron chi connectivity index (χ4n) is 3.92. The normalized spacial score (nSPS) is 32.2. The molecule has 1 saturated heterocycles. The van der Waals surface area contributed by atoms with Gasteiger partial charge >= 0.3 is 0 Å². The Labute approximate surface area is 181 Å². The largest absolute Gasteiger partial charge is 0.508 e. The van der Waals surface area contributed by atoms with E-state index in [-0.39, 0.29) is 29.4 Å². The van der Waals surface area contributed by atoms with Gasteiger partial charge in [-0.3, -0.25) is 0 Å². The molecule has 2 aromatic carbocycles. The number of rotatable bonds is 4. The van der Waals surface area contributed by atoms with Gasteiger partial charge in [-0.1, -0.05) is 6.07 Å². The molecule has 8 N–H and O–H groups in total. The van der Waals surface area contributed by atoms with Gasteiger partial charge < -0.3 is 55.1 Å². The van der Waals surface area contributed by atoms with Crippen molar-refractivity contribution in [3.8, 4) is 28.7 Å². The summed E-state index contributed by atoms with van der Waals surface area (Å²) in [5, 5.41) is 79.4. The van der Waals surface area contributed by atoms with E-state index < -0.39 is 55.3 Å². The summed E-state index contributed by atoms with van der Waals surface area (Å²) in [5.74, 6) is -1.10. The molecule has 0 amide bonds. The Hall–Kier alpha value is -2.80. The molecule has 0 bridgehead atoms. The second kappa shape index (κ2) is 8.62. The summed E-state index contributed by atoms with van der Waals surface area (Å²) in [4.78, 5) is 0. The van der Waals surface area contributed by atoms with Crippen molar-refractivity contribution in [2.24, 2.45) is 0 Å². The van der Waals surface area contributed by atoms with Crippen LogP contribution in [-0.2, 0) is 15.9 Å². The quantitative estimate of drug-likeness (QED) is 0.276. The fourth-order valence-corrected chi connectivity index (χ4v) is 3.92. The van der Waals surface area contributed by atoms with Gasteiger partial charge in [0.2, 0.25) is 0 Å². The first-order valence-corrected chi connectivity index (χ1v) is 9.89. The molecule has 2 heterocycles. The molecule has 0 saturated carbocycles. The second-order valence-corrected chi connectivity index (χ2v) is 7.80. The summed E-state index contributed by atoms with van der Waals surface area (Å²) in [6, 6.07) is 6.38. The number of aromatic hydroxyl groups is 4. The van der Waals surface area contributed by atoms with E-state index in [9.17, 15) is 40.9 Å². The van der Waals surface area contributed by atoms with Gasteiger partial charge in [0.05, 0.1) is 6.61 Å². The molecule has 7 atom stereocenters. The van der Waals surface area contributed by atoms with Crippen molar-refractivity contribution in [1.29, 1.82) is 0 Å². The Morgan fingerprint density at radius 2 is 1.62 bits per heavy atom. The first-order valence-electron chi connectivity index (χ1n) is 9.89. The predicted molar refractivity (Wildman–Crippen MR) is 105 cm³/mol. The maximum atomic E-state index is 10.3. The first kappa shape index (κ1) is 22.4. The van der Waals surface area contributed by atoms with Crippen molar-refractivity contribution in [1.82, 2.24) is 0 Å². The van der Waals surface area contributed by atoms with E-state index in [0.29, 0.717) is 11.1 Å². The van der Waals surface area contributed by atoms with Crippen LogP contribution >= 0.6 is 0 Å². The van der Waals surface area contributed by atoms with E-state index in [1.165, 1.54) is 24.3 Å². The zero-order valence-electron chi connectivity index (χ0n) is 16.6. The van der Waals surface area contributed by atoms with Crippen LogP contribution in [0.25, 0.3) is 0 Å². The lowest BCUT2D eigenvalue weighted by atomic mass is 9.93. The van der Waals surface area contributed by atoms with Crippen LogP contribution in [0, 0.1) is 0 Å². The zero-order chi connectivity index (χ0) is 23.2. The van der Waals surface area contributed by atoms with Crippen LogP contribution in [-0.4, -0.2) is 84.3 Å². The molecule has 32 heavy (non-hydrogen) atoms. The van der Waals surface area contributed by atoms with Crippen molar-refractivity contribution in [3.63, 3.8) is 0 Å². The van der Waals surface area contributed by atoms with E-state index in [1.807, 2.05) is 0 Å². The maximum absolute atomic E-state index is 10.3. The molecule has 1 fully saturated rings. The van der Waals surface area contributed by atoms with Crippen LogP contribution in [0.2, 0.25) is 0 Å². The zero-order valence-corrected chi connectivity index (χ0v) is 16.6. The van der Waals surface area contributed by atoms with E-state index in [4.69, 9.17) is 14.2 Å². The molecule has 0 aliphatic carbocycles. The lowest BCUT2D eigenvalue weighted by Crippen LogP contribution is -2.60. The first-order chi connectivity index (χ1) is 15.2. The highest BCUT2D eigenvalue weighted by Crippen LogP contribution is 2.44. The van der Waals surface area contributed by atoms with Crippen molar-refractivity contribution >= 4 is 0 Å². The highest BCUT2D eigenvalue weighted by atomic mass is 16.7. The molecule has 0 aromatic heterocycles. The van der Waals surface area contributed by atoms with Gasteiger partial charge in [-0.2, -0.15) is 0 Å².